The molecule has 0 aliphatic heterocycles. The molecule has 0 aliphatic carbocycles. The molecular formula is C27H54O2SiSn. The molecule has 182 valence electrons. The number of unbranched alkanes of at least 4 members (excludes halogenated alkanes) is 3. The summed E-state index contributed by atoms with van der Waals surface area (Å²) >= 11 is -2.35. The van der Waals surface area contributed by atoms with Gasteiger partial charge in [-0.2, -0.15) is 0 Å². The molecule has 0 aromatic rings. The van der Waals surface area contributed by atoms with Crippen LogP contribution < -0.4 is 0 Å². The van der Waals surface area contributed by atoms with Gasteiger partial charge in [0, 0.05) is 0 Å². The Kier molecular flexibility index (Phi) is 17.4. The molecule has 2 nitrogen and oxygen atoms in total. The van der Waals surface area contributed by atoms with Crippen LogP contribution in [0.3, 0.4) is 0 Å². The molecule has 0 bridgehead atoms. The van der Waals surface area contributed by atoms with Crippen molar-refractivity contribution in [2.24, 2.45) is 5.92 Å². The molecule has 0 unspecified atom stereocenters. The van der Waals surface area contributed by atoms with Crippen LogP contribution in [0, 0.1) is 5.92 Å². The van der Waals surface area contributed by atoms with Gasteiger partial charge in [0.15, 0.2) is 0 Å². The second-order valence-corrected chi connectivity index (χ2v) is 29.1. The van der Waals surface area contributed by atoms with E-state index in [-0.39, 0.29) is 5.97 Å². The third-order valence-electron chi connectivity index (χ3n) is 6.39. The van der Waals surface area contributed by atoms with Gasteiger partial charge < -0.3 is 0 Å². The summed E-state index contributed by atoms with van der Waals surface area (Å²) < 4.78 is 11.5. The van der Waals surface area contributed by atoms with E-state index < -0.39 is 26.5 Å². The summed E-state index contributed by atoms with van der Waals surface area (Å²) in [6.07, 6.45) is 16.7. The second-order valence-electron chi connectivity index (χ2n) is 10.7. The number of ether oxygens (including phenoxy) is 1. The fourth-order valence-electron chi connectivity index (χ4n) is 4.53. The Morgan fingerprint density at radius 3 is 1.87 bits per heavy atom. The van der Waals surface area contributed by atoms with E-state index >= 15 is 0 Å². The topological polar surface area (TPSA) is 26.3 Å². The number of allylic oxidation sites excluding steroid dienone is 3. The van der Waals surface area contributed by atoms with Gasteiger partial charge in [0.1, 0.15) is 0 Å². The average Bonchev–Trinajstić information content (AvgIpc) is 2.73. The molecule has 0 heterocycles. The molecule has 0 radical (unpaired) electrons. The first kappa shape index (κ1) is 31.0. The van der Waals surface area contributed by atoms with Crippen LogP contribution in [0.4, 0.5) is 0 Å². The summed E-state index contributed by atoms with van der Waals surface area (Å²) in [4.78, 5) is 11.3. The fourth-order valence-corrected chi connectivity index (χ4v) is 28.0. The van der Waals surface area contributed by atoms with Crippen molar-refractivity contribution >= 4 is 32.4 Å². The van der Waals surface area contributed by atoms with Crippen LogP contribution in [0.5, 0.6) is 0 Å². The van der Waals surface area contributed by atoms with Gasteiger partial charge in [0.05, 0.1) is 0 Å². The second kappa shape index (κ2) is 17.4. The molecule has 0 N–H and O–H groups in total. The van der Waals surface area contributed by atoms with Gasteiger partial charge in [-0.25, -0.2) is 0 Å². The summed E-state index contributed by atoms with van der Waals surface area (Å²) in [7, 11) is 0.220. The average molecular weight is 558 g/mol. The molecule has 0 aromatic carbocycles. The van der Waals surface area contributed by atoms with Gasteiger partial charge in [0.25, 0.3) is 0 Å². The maximum atomic E-state index is 11.3. The van der Waals surface area contributed by atoms with E-state index in [9.17, 15) is 4.79 Å². The van der Waals surface area contributed by atoms with Crippen molar-refractivity contribution < 1.29 is 9.53 Å². The van der Waals surface area contributed by atoms with Crippen LogP contribution in [0.15, 0.2) is 21.4 Å². The molecule has 0 aromatic heterocycles. The zero-order chi connectivity index (χ0) is 23.8. The Morgan fingerprint density at radius 2 is 1.45 bits per heavy atom. The Morgan fingerprint density at radius 1 is 0.935 bits per heavy atom. The van der Waals surface area contributed by atoms with Crippen molar-refractivity contribution in [3.63, 3.8) is 0 Å². The number of hydrogen-bond donors (Lipinski definition) is 0. The van der Waals surface area contributed by atoms with Crippen molar-refractivity contribution in [1.29, 1.82) is 0 Å². The summed E-state index contributed by atoms with van der Waals surface area (Å²) in [6.45, 7) is 17.1. The van der Waals surface area contributed by atoms with Gasteiger partial charge in [0.2, 0.25) is 0 Å². The molecular weight excluding hydrogens is 503 g/mol. The van der Waals surface area contributed by atoms with Gasteiger partial charge in [-0.15, -0.1) is 0 Å². The first-order chi connectivity index (χ1) is 14.6. The minimum atomic E-state index is -2.35. The summed E-state index contributed by atoms with van der Waals surface area (Å²) in [5, 5.41) is 0. The Balaban J connectivity index is 5.54. The number of carbonyl (C=O) groups excluding carboxylic acids is 1. The molecule has 1 atom stereocenters. The van der Waals surface area contributed by atoms with Gasteiger partial charge in [-0.05, 0) is 0 Å². The first-order valence-electron chi connectivity index (χ1n) is 13.1. The molecule has 0 saturated carbocycles. The van der Waals surface area contributed by atoms with Crippen molar-refractivity contribution in [3.05, 3.63) is 21.4 Å². The SMILES string of the molecule is CCC[CH2][Sn]([CH2]CCC)([CH2]CCC)/[C](=C\[Si](C)(C)C)CC[C@H](C)/C=C/CCC(=O)OC. The standard InChI is InChI=1S/C15H27O2Si.3C4H9.Sn/c1-14(10-6-7-12-15(16)17-2)11-8-9-13-18(3,4)5;3*1-3-4-2;/h6,10,13-14H,7-8,11-12H2,1-5H3;3*1,3-4H2,2H3;/b10-6+,13-9?;;;;/t14-;;;;/m1..../s1. The van der Waals surface area contributed by atoms with Crippen LogP contribution in [0.1, 0.15) is 91.9 Å². The van der Waals surface area contributed by atoms with Crippen LogP contribution >= 0.6 is 0 Å². The normalized spacial score (nSPS) is 14.3. The summed E-state index contributed by atoms with van der Waals surface area (Å²) in [5.74, 6) is 0.467. The van der Waals surface area contributed by atoms with Gasteiger partial charge in [-0.1, -0.05) is 0 Å². The predicted molar refractivity (Wildman–Crippen MR) is 145 cm³/mol. The van der Waals surface area contributed by atoms with Gasteiger partial charge in [-0.3, -0.25) is 0 Å². The zero-order valence-corrected chi connectivity index (χ0v) is 26.2. The molecule has 0 fully saturated rings. The molecule has 0 saturated heterocycles. The van der Waals surface area contributed by atoms with E-state index in [1.807, 2.05) is 3.59 Å². The number of esters is 1. The fraction of sp³-hybridized carbons (Fsp3) is 0.815. The van der Waals surface area contributed by atoms with Crippen molar-refractivity contribution in [2.45, 2.75) is 125 Å². The van der Waals surface area contributed by atoms with Crippen molar-refractivity contribution in [3.8, 4) is 0 Å². The molecule has 0 amide bonds. The molecule has 0 rings (SSSR count). The summed E-state index contributed by atoms with van der Waals surface area (Å²) in [5.41, 5.74) is 2.86. The number of hydrogen-bond acceptors (Lipinski definition) is 2. The van der Waals surface area contributed by atoms with E-state index in [4.69, 9.17) is 4.74 Å². The number of methoxy groups -OCH3 is 1. The summed E-state index contributed by atoms with van der Waals surface area (Å²) in [6, 6.07) is 0. The van der Waals surface area contributed by atoms with E-state index in [2.05, 4.69) is 65.2 Å². The van der Waals surface area contributed by atoms with Gasteiger partial charge >= 0.3 is 201 Å². The number of rotatable bonds is 18. The van der Waals surface area contributed by atoms with Crippen molar-refractivity contribution in [2.75, 3.05) is 7.11 Å². The van der Waals surface area contributed by atoms with Crippen LogP contribution in [-0.2, 0) is 9.53 Å². The Hall–Kier alpha value is -0.0344. The van der Waals surface area contributed by atoms with Crippen molar-refractivity contribution in [1.82, 2.24) is 0 Å². The van der Waals surface area contributed by atoms with E-state index in [0.29, 0.717) is 12.3 Å². The van der Waals surface area contributed by atoms with Crippen LogP contribution in [0.2, 0.25) is 33.0 Å². The molecule has 0 spiro atoms. The third kappa shape index (κ3) is 14.7. The Bertz CT molecular complexity index is 512. The Labute approximate surface area is 200 Å². The maximum absolute atomic E-state index is 11.3. The molecule has 31 heavy (non-hydrogen) atoms. The van der Waals surface area contributed by atoms with E-state index in [1.165, 1.54) is 58.5 Å². The zero-order valence-electron chi connectivity index (χ0n) is 22.3. The molecule has 0 aliphatic rings. The number of carbonyl (C=O) groups is 1. The monoisotopic (exact) mass is 558 g/mol. The quantitative estimate of drug-likeness (QED) is 0.0955. The molecule has 4 heteroatoms. The van der Waals surface area contributed by atoms with Crippen LogP contribution in [-0.4, -0.2) is 39.5 Å². The predicted octanol–water partition coefficient (Wildman–Crippen LogP) is 9.10. The third-order valence-corrected chi connectivity index (χ3v) is 24.7. The first-order valence-corrected chi connectivity index (χ1v) is 24.2. The van der Waals surface area contributed by atoms with Crippen LogP contribution in [0.25, 0.3) is 0 Å². The van der Waals surface area contributed by atoms with E-state index in [0.717, 1.165) is 6.42 Å². The van der Waals surface area contributed by atoms with E-state index in [1.54, 1.807) is 13.3 Å². The minimum absolute atomic E-state index is 0.112.